The number of ether oxygens (including phenoxy) is 3. The fourth-order valence-electron chi connectivity index (χ4n) is 3.43. The normalized spacial score (nSPS) is 25.7. The summed E-state index contributed by atoms with van der Waals surface area (Å²) in [5, 5.41) is 3.02. The van der Waals surface area contributed by atoms with E-state index in [9.17, 15) is 4.79 Å². The molecule has 3 aliphatic heterocycles. The summed E-state index contributed by atoms with van der Waals surface area (Å²) < 4.78 is 16.8. The second-order valence-corrected chi connectivity index (χ2v) is 6.50. The molecule has 23 heavy (non-hydrogen) atoms. The van der Waals surface area contributed by atoms with Gasteiger partial charge in [-0.2, -0.15) is 0 Å². The van der Waals surface area contributed by atoms with E-state index in [2.05, 4.69) is 15.1 Å². The quantitative estimate of drug-likeness (QED) is 0.720. The van der Waals surface area contributed by atoms with Crippen molar-refractivity contribution in [2.24, 2.45) is 0 Å². The lowest BCUT2D eigenvalue weighted by Crippen LogP contribution is -2.46. The van der Waals surface area contributed by atoms with Crippen LogP contribution in [0.25, 0.3) is 0 Å². The third kappa shape index (κ3) is 5.12. The van der Waals surface area contributed by atoms with Crippen molar-refractivity contribution in [2.75, 3.05) is 72.2 Å². The molecular weight excluding hydrogens is 298 g/mol. The third-order valence-electron chi connectivity index (χ3n) is 4.94. The van der Waals surface area contributed by atoms with Gasteiger partial charge in [0.15, 0.2) is 5.79 Å². The van der Waals surface area contributed by atoms with Gasteiger partial charge in [-0.15, -0.1) is 0 Å². The lowest BCUT2D eigenvalue weighted by molar-refractivity contribution is -0.185. The maximum atomic E-state index is 11.9. The zero-order chi connectivity index (χ0) is 16.0. The second-order valence-electron chi connectivity index (χ2n) is 6.50. The first-order valence-corrected chi connectivity index (χ1v) is 8.83. The van der Waals surface area contributed by atoms with E-state index >= 15 is 0 Å². The van der Waals surface area contributed by atoms with E-state index in [-0.39, 0.29) is 11.7 Å². The highest BCUT2D eigenvalue weighted by Gasteiger charge is 2.39. The first-order valence-electron chi connectivity index (χ1n) is 8.83. The number of hydrogen-bond acceptors (Lipinski definition) is 6. The summed E-state index contributed by atoms with van der Waals surface area (Å²) in [6.45, 7) is 9.32. The molecule has 0 saturated carbocycles. The van der Waals surface area contributed by atoms with Gasteiger partial charge >= 0.3 is 0 Å². The molecule has 1 spiro atoms. The average Bonchev–Trinajstić information content (AvgIpc) is 3.04. The molecule has 3 heterocycles. The lowest BCUT2D eigenvalue weighted by atomic mass is 10.0. The van der Waals surface area contributed by atoms with Crippen LogP contribution in [0.4, 0.5) is 0 Å². The summed E-state index contributed by atoms with van der Waals surface area (Å²) >= 11 is 0. The average molecular weight is 327 g/mol. The van der Waals surface area contributed by atoms with Gasteiger partial charge in [0.05, 0.1) is 26.4 Å². The van der Waals surface area contributed by atoms with Crippen LogP contribution in [-0.2, 0) is 19.0 Å². The topological polar surface area (TPSA) is 63.3 Å². The van der Waals surface area contributed by atoms with Crippen molar-refractivity contribution >= 4 is 5.91 Å². The van der Waals surface area contributed by atoms with Gasteiger partial charge < -0.3 is 24.4 Å². The third-order valence-corrected chi connectivity index (χ3v) is 4.94. The Morgan fingerprint density at radius 1 is 0.913 bits per heavy atom. The van der Waals surface area contributed by atoms with Gasteiger partial charge in [0, 0.05) is 65.1 Å². The Balaban J connectivity index is 1.24. The van der Waals surface area contributed by atoms with Gasteiger partial charge in [0.25, 0.3) is 0 Å². The van der Waals surface area contributed by atoms with Crippen molar-refractivity contribution in [3.05, 3.63) is 0 Å². The van der Waals surface area contributed by atoms with Crippen LogP contribution in [0.5, 0.6) is 0 Å². The predicted octanol–water partition coefficient (Wildman–Crippen LogP) is -0.336. The summed E-state index contributed by atoms with van der Waals surface area (Å²) in [6, 6.07) is 0. The van der Waals surface area contributed by atoms with Crippen molar-refractivity contribution in [3.63, 3.8) is 0 Å². The fourth-order valence-corrected chi connectivity index (χ4v) is 3.43. The molecule has 3 saturated heterocycles. The zero-order valence-corrected chi connectivity index (χ0v) is 13.9. The van der Waals surface area contributed by atoms with Gasteiger partial charge in [-0.3, -0.25) is 9.69 Å². The molecule has 1 N–H and O–H groups in total. The van der Waals surface area contributed by atoms with E-state index in [0.717, 1.165) is 71.9 Å². The number of piperidine rings is 1. The maximum absolute atomic E-state index is 11.9. The molecule has 7 heteroatoms. The van der Waals surface area contributed by atoms with Crippen LogP contribution in [-0.4, -0.2) is 93.7 Å². The molecule has 0 aromatic rings. The van der Waals surface area contributed by atoms with E-state index in [1.807, 2.05) is 0 Å². The highest BCUT2D eigenvalue weighted by molar-refractivity contribution is 5.76. The number of amides is 1. The summed E-state index contributed by atoms with van der Waals surface area (Å²) in [4.78, 5) is 16.6. The number of rotatable bonds is 6. The van der Waals surface area contributed by atoms with Crippen LogP contribution in [0.15, 0.2) is 0 Å². The van der Waals surface area contributed by atoms with E-state index < -0.39 is 0 Å². The van der Waals surface area contributed by atoms with Gasteiger partial charge in [-0.25, -0.2) is 0 Å². The van der Waals surface area contributed by atoms with E-state index in [1.54, 1.807) is 0 Å². The predicted molar refractivity (Wildman–Crippen MR) is 85.2 cm³/mol. The van der Waals surface area contributed by atoms with Gasteiger partial charge in [-0.1, -0.05) is 0 Å². The molecule has 7 nitrogen and oxygen atoms in total. The molecule has 0 aliphatic carbocycles. The molecule has 0 aromatic carbocycles. The van der Waals surface area contributed by atoms with Crippen LogP contribution in [0.1, 0.15) is 19.3 Å². The van der Waals surface area contributed by atoms with E-state index in [0.29, 0.717) is 19.6 Å². The van der Waals surface area contributed by atoms with Gasteiger partial charge in [0.1, 0.15) is 0 Å². The monoisotopic (exact) mass is 327 g/mol. The number of morpholine rings is 1. The van der Waals surface area contributed by atoms with Gasteiger partial charge in [-0.05, 0) is 0 Å². The summed E-state index contributed by atoms with van der Waals surface area (Å²) in [5.74, 6) is -0.177. The Morgan fingerprint density at radius 2 is 1.57 bits per heavy atom. The van der Waals surface area contributed by atoms with Crippen LogP contribution >= 0.6 is 0 Å². The Morgan fingerprint density at radius 3 is 2.26 bits per heavy atom. The molecule has 0 atom stereocenters. The highest BCUT2D eigenvalue weighted by atomic mass is 16.7. The van der Waals surface area contributed by atoms with Crippen LogP contribution < -0.4 is 5.32 Å². The number of nitrogens with zero attached hydrogens (tertiary/aromatic N) is 2. The first kappa shape index (κ1) is 17.1. The molecule has 3 aliphatic rings. The van der Waals surface area contributed by atoms with Crippen molar-refractivity contribution in [3.8, 4) is 0 Å². The van der Waals surface area contributed by atoms with Crippen molar-refractivity contribution in [2.45, 2.75) is 25.0 Å². The summed E-state index contributed by atoms with van der Waals surface area (Å²) in [7, 11) is 0. The van der Waals surface area contributed by atoms with Crippen LogP contribution in [0.3, 0.4) is 0 Å². The van der Waals surface area contributed by atoms with E-state index in [1.165, 1.54) is 0 Å². The minimum atomic E-state index is -0.323. The fraction of sp³-hybridized carbons (Fsp3) is 0.938. The lowest BCUT2D eigenvalue weighted by Gasteiger charge is -2.37. The second kappa shape index (κ2) is 8.39. The maximum Gasteiger partial charge on any atom is 0.221 e. The Labute approximate surface area is 138 Å². The van der Waals surface area contributed by atoms with Crippen molar-refractivity contribution < 1.29 is 19.0 Å². The zero-order valence-electron chi connectivity index (χ0n) is 13.9. The van der Waals surface area contributed by atoms with Crippen LogP contribution in [0, 0.1) is 0 Å². The molecule has 0 aromatic heterocycles. The van der Waals surface area contributed by atoms with Crippen molar-refractivity contribution in [1.82, 2.24) is 15.1 Å². The molecule has 0 bridgehead atoms. The van der Waals surface area contributed by atoms with E-state index in [4.69, 9.17) is 14.2 Å². The minimum absolute atomic E-state index is 0.145. The largest absolute Gasteiger partial charge is 0.379 e. The standard InChI is InChI=1S/C16H29N3O4/c20-15(17-4-8-19-9-11-21-12-10-19)1-5-18-6-2-16(3-7-18)22-13-14-23-16/h1-14H2,(H,17,20). The number of hydrogen-bond donors (Lipinski definition) is 1. The Kier molecular flexibility index (Phi) is 6.24. The number of likely N-dealkylation sites (tertiary alicyclic amines) is 1. The molecule has 132 valence electrons. The molecule has 0 radical (unpaired) electrons. The Bertz CT molecular complexity index is 372. The summed E-state index contributed by atoms with van der Waals surface area (Å²) in [5.41, 5.74) is 0. The molecular formula is C16H29N3O4. The van der Waals surface area contributed by atoms with Crippen molar-refractivity contribution in [1.29, 1.82) is 0 Å². The Hall–Kier alpha value is -0.730. The molecule has 0 unspecified atom stereocenters. The number of carbonyl (C=O) groups is 1. The number of carbonyl (C=O) groups excluding carboxylic acids is 1. The molecule has 3 fully saturated rings. The molecule has 1 amide bonds. The SMILES string of the molecule is O=C(CCN1CCC2(CC1)OCCO2)NCCN1CCOCC1. The number of nitrogens with one attached hydrogen (secondary N) is 1. The molecule has 3 rings (SSSR count). The highest BCUT2D eigenvalue weighted by Crippen LogP contribution is 2.31. The summed E-state index contributed by atoms with van der Waals surface area (Å²) in [6.07, 6.45) is 2.38. The first-order chi connectivity index (χ1) is 11.3. The van der Waals surface area contributed by atoms with Crippen LogP contribution in [0.2, 0.25) is 0 Å². The van der Waals surface area contributed by atoms with Gasteiger partial charge in [0.2, 0.25) is 5.91 Å². The smallest absolute Gasteiger partial charge is 0.221 e. The minimum Gasteiger partial charge on any atom is -0.379 e.